The predicted molar refractivity (Wildman–Crippen MR) is 228 cm³/mol. The van der Waals surface area contributed by atoms with Crippen molar-refractivity contribution in [3.8, 4) is 0 Å². The summed E-state index contributed by atoms with van der Waals surface area (Å²) in [6.07, 6.45) is 9.70. The first-order chi connectivity index (χ1) is 26.6. The summed E-state index contributed by atoms with van der Waals surface area (Å²) in [5, 5.41) is 18.3. The zero-order chi connectivity index (χ0) is 40.2. The quantitative estimate of drug-likeness (QED) is 0.0337. The van der Waals surface area contributed by atoms with Crippen molar-refractivity contribution in [2.45, 2.75) is 101 Å². The Balaban J connectivity index is 1.89. The highest BCUT2D eigenvalue weighted by atomic mass is 35.5. The molecule has 3 atom stereocenters. The molecule has 1 heterocycles. The third-order valence-corrected chi connectivity index (χ3v) is 10.6. The highest BCUT2D eigenvalue weighted by Gasteiger charge is 2.34. The molecule has 3 aromatic rings. The Bertz CT molecular complexity index is 1760. The number of amides is 3. The fourth-order valence-corrected chi connectivity index (χ4v) is 7.00. The number of rotatable bonds is 25. The number of aryl methyl sites for hydroxylation is 1. The number of hydrogen-bond donors (Lipinski definition) is 8. The van der Waals surface area contributed by atoms with Crippen LogP contribution in [0.25, 0.3) is 10.9 Å². The van der Waals surface area contributed by atoms with Crippen LogP contribution in [0.2, 0.25) is 0 Å². The Hall–Kier alpha value is -4.01. The molecule has 0 bridgehead atoms. The Morgan fingerprint density at radius 3 is 2.42 bits per heavy atom. The van der Waals surface area contributed by atoms with Crippen LogP contribution in [0.4, 0.5) is 0 Å². The number of carbonyl (C=O) groups excluding carboxylic acids is 3. The van der Waals surface area contributed by atoms with Crippen molar-refractivity contribution < 1.29 is 14.4 Å². The number of likely N-dealkylation sites (N-methyl/N-ethyl adjacent to an activating group) is 1. The van der Waals surface area contributed by atoms with Gasteiger partial charge in [0.1, 0.15) is 12.1 Å². The van der Waals surface area contributed by atoms with Gasteiger partial charge in [-0.25, -0.2) is 0 Å². The number of H-pyrrole nitrogens is 1. The number of nitrogens with zero attached hydrogens (tertiary/aromatic N) is 2. The molecular formula is C41H60ClN9O3S. The van der Waals surface area contributed by atoms with Gasteiger partial charge in [-0.1, -0.05) is 54.9 Å². The molecule has 2 aromatic carbocycles. The van der Waals surface area contributed by atoms with E-state index in [4.69, 9.17) is 41.1 Å². The molecule has 0 saturated heterocycles. The van der Waals surface area contributed by atoms with Crippen LogP contribution in [0.1, 0.15) is 75.5 Å². The monoisotopic (exact) mass is 793 g/mol. The summed E-state index contributed by atoms with van der Waals surface area (Å²) in [6.45, 7) is 5.88. The molecule has 0 fully saturated rings. The van der Waals surface area contributed by atoms with E-state index in [2.05, 4.69) is 25.9 Å². The normalized spacial score (nSPS) is 13.7. The first-order valence-corrected chi connectivity index (χ1v) is 20.1. The lowest BCUT2D eigenvalue weighted by Crippen LogP contribution is -2.57. The minimum Gasteiger partial charge on any atom is -0.361 e. The molecule has 0 unspecified atom stereocenters. The van der Waals surface area contributed by atoms with Gasteiger partial charge in [-0.15, -0.1) is 12.6 Å². The zero-order valence-corrected chi connectivity index (χ0v) is 34.2. The standard InChI is InChI=1S/C41H60ClN9O3S/c1-4-28(33(42)27-46-5-2)24-49-40(53)37(23-31-26-47-34-17-7-6-16-32(31)34)51(3)41(54)36(18-8-9-20-43)50-39(52)35(19-12-22-45)48-25-30-14-10-13-29(38(30)55)15-11-21-44/h6-7,10,13-14,16-17,21,26-27,35-37,44,47-48,55H,4-5,8-9,11-12,15,18-20,22-25,43,45H2,1-3H3,(H,49,53)(H,50,52)/b33-28-,44-21?,46-27?/t35-,36-,37-/m0/s1. The summed E-state index contributed by atoms with van der Waals surface area (Å²) in [4.78, 5) is 52.4. The fraction of sp³-hybridized carbons (Fsp3) is 0.488. The first kappa shape index (κ1) is 45.4. The predicted octanol–water partition coefficient (Wildman–Crippen LogP) is 5.03. The number of allylic oxidation sites excluding steroid dienone is 1. The minimum atomic E-state index is -0.903. The number of hydrogen-bond acceptors (Lipinski definition) is 9. The zero-order valence-electron chi connectivity index (χ0n) is 32.5. The third-order valence-electron chi connectivity index (χ3n) is 9.71. The number of carbonyl (C=O) groups is 3. The van der Waals surface area contributed by atoms with Crippen molar-refractivity contribution in [3.63, 3.8) is 0 Å². The smallest absolute Gasteiger partial charge is 0.245 e. The van der Waals surface area contributed by atoms with Crippen molar-refractivity contribution in [2.75, 3.05) is 33.2 Å². The lowest BCUT2D eigenvalue weighted by Gasteiger charge is -2.32. The average Bonchev–Trinajstić information content (AvgIpc) is 3.61. The van der Waals surface area contributed by atoms with Crippen LogP contribution in [-0.2, 0) is 33.8 Å². The van der Waals surface area contributed by atoms with E-state index >= 15 is 0 Å². The summed E-state index contributed by atoms with van der Waals surface area (Å²) in [5.74, 6) is -1.05. The van der Waals surface area contributed by atoms with E-state index in [-0.39, 0.29) is 30.7 Å². The van der Waals surface area contributed by atoms with Crippen LogP contribution >= 0.6 is 24.2 Å². The van der Waals surface area contributed by atoms with Crippen molar-refractivity contribution in [1.29, 1.82) is 5.41 Å². The molecule has 0 aliphatic heterocycles. The number of unbranched alkanes of at least 4 members (excludes halogenated alkanes) is 1. The maximum atomic E-state index is 14.5. The number of para-hydroxylation sites is 1. The summed E-state index contributed by atoms with van der Waals surface area (Å²) >= 11 is 11.3. The molecule has 3 rings (SSSR count). The average molecular weight is 795 g/mol. The molecular weight excluding hydrogens is 734 g/mol. The summed E-state index contributed by atoms with van der Waals surface area (Å²) in [5.41, 5.74) is 16.3. The van der Waals surface area contributed by atoms with Crippen molar-refractivity contribution in [3.05, 3.63) is 76.0 Å². The maximum Gasteiger partial charge on any atom is 0.245 e. The molecule has 0 aliphatic carbocycles. The number of nitrogens with one attached hydrogen (secondary N) is 5. The van der Waals surface area contributed by atoms with E-state index in [9.17, 15) is 14.4 Å². The van der Waals surface area contributed by atoms with Gasteiger partial charge in [0.05, 0.1) is 11.1 Å². The van der Waals surface area contributed by atoms with Crippen LogP contribution in [0.15, 0.2) is 69.2 Å². The van der Waals surface area contributed by atoms with Gasteiger partial charge in [0.15, 0.2) is 0 Å². The highest BCUT2D eigenvalue weighted by Crippen LogP contribution is 2.23. The van der Waals surface area contributed by atoms with E-state index < -0.39 is 18.1 Å². The molecule has 0 aliphatic rings. The molecule has 12 nitrogen and oxygen atoms in total. The van der Waals surface area contributed by atoms with Crippen molar-refractivity contribution in [2.24, 2.45) is 16.5 Å². The molecule has 0 radical (unpaired) electrons. The number of benzene rings is 2. The molecule has 14 heteroatoms. The molecule has 1 aromatic heterocycles. The lowest BCUT2D eigenvalue weighted by atomic mass is 10.0. The number of halogens is 1. The summed E-state index contributed by atoms with van der Waals surface area (Å²) in [7, 11) is 1.62. The second-order valence-corrected chi connectivity index (χ2v) is 14.4. The summed E-state index contributed by atoms with van der Waals surface area (Å²) < 4.78 is 0. The fourth-order valence-electron chi connectivity index (χ4n) is 6.39. The van der Waals surface area contributed by atoms with E-state index in [0.29, 0.717) is 82.6 Å². The van der Waals surface area contributed by atoms with Crippen LogP contribution < -0.4 is 27.4 Å². The van der Waals surface area contributed by atoms with Gasteiger partial charge >= 0.3 is 0 Å². The second kappa shape index (κ2) is 24.5. The lowest BCUT2D eigenvalue weighted by molar-refractivity contribution is -0.142. The van der Waals surface area contributed by atoms with Crippen LogP contribution in [0.3, 0.4) is 0 Å². The van der Waals surface area contributed by atoms with Gasteiger partial charge in [-0.05, 0) is 106 Å². The van der Waals surface area contributed by atoms with Crippen LogP contribution in [0.5, 0.6) is 0 Å². The largest absolute Gasteiger partial charge is 0.361 e. The first-order valence-electron chi connectivity index (χ1n) is 19.3. The molecule has 55 heavy (non-hydrogen) atoms. The van der Waals surface area contributed by atoms with Crippen molar-refractivity contribution >= 4 is 65.3 Å². The van der Waals surface area contributed by atoms with E-state index in [1.807, 2.05) is 62.5 Å². The molecule has 0 spiro atoms. The Kier molecular flexibility index (Phi) is 20.2. The topological polar surface area (TPSA) is 195 Å². The molecule has 9 N–H and O–H groups in total. The Morgan fingerprint density at radius 1 is 0.982 bits per heavy atom. The molecule has 0 saturated carbocycles. The molecule has 3 amide bonds. The highest BCUT2D eigenvalue weighted by molar-refractivity contribution is 7.80. The van der Waals surface area contributed by atoms with E-state index in [0.717, 1.165) is 38.1 Å². The number of fused-ring (bicyclic) bond motifs is 1. The Labute approximate surface area is 336 Å². The van der Waals surface area contributed by atoms with E-state index in [1.54, 1.807) is 13.3 Å². The second-order valence-electron chi connectivity index (χ2n) is 13.6. The van der Waals surface area contributed by atoms with Crippen LogP contribution in [0, 0.1) is 5.41 Å². The summed E-state index contributed by atoms with van der Waals surface area (Å²) in [6, 6.07) is 11.3. The van der Waals surface area contributed by atoms with Gasteiger partial charge in [-0.2, -0.15) is 0 Å². The SMILES string of the molecule is CCN=C/C(Cl)=C(\CC)CNC(=O)[C@H](Cc1c[nH]c2ccccc12)N(C)C(=O)[C@H](CCCCN)NC(=O)[C@H](CCCN)NCc1cccc(CCC=N)c1S. The number of aromatic amines is 1. The number of aliphatic imine (C=N–C) groups is 1. The minimum absolute atomic E-state index is 0.195. The van der Waals surface area contributed by atoms with E-state index in [1.165, 1.54) is 11.1 Å². The molecule has 300 valence electrons. The number of thiol groups is 1. The van der Waals surface area contributed by atoms with Gasteiger partial charge in [0, 0.05) is 61.3 Å². The van der Waals surface area contributed by atoms with Crippen molar-refractivity contribution in [1.82, 2.24) is 25.8 Å². The maximum absolute atomic E-state index is 14.5. The number of aromatic nitrogens is 1. The Morgan fingerprint density at radius 2 is 1.71 bits per heavy atom. The van der Waals surface area contributed by atoms with Gasteiger partial charge < -0.3 is 42.7 Å². The third kappa shape index (κ3) is 13.9. The van der Waals surface area contributed by atoms with Gasteiger partial charge in [0.2, 0.25) is 17.7 Å². The van der Waals surface area contributed by atoms with Gasteiger partial charge in [-0.3, -0.25) is 19.4 Å². The van der Waals surface area contributed by atoms with Crippen LogP contribution in [-0.4, -0.2) is 91.4 Å². The number of nitrogens with two attached hydrogens (primary N) is 2. The van der Waals surface area contributed by atoms with Gasteiger partial charge in [0.25, 0.3) is 0 Å².